The fourth-order valence-electron chi connectivity index (χ4n) is 1.99. The Morgan fingerprint density at radius 3 is 2.52 bits per heavy atom. The molecule has 0 fully saturated rings. The van der Waals surface area contributed by atoms with Crippen LogP contribution in [0.3, 0.4) is 0 Å². The van der Waals surface area contributed by atoms with Crippen molar-refractivity contribution >= 4 is 31.7 Å². The molecule has 0 unspecified atom stereocenters. The van der Waals surface area contributed by atoms with Crippen LogP contribution in [-0.4, -0.2) is 28.1 Å². The zero-order valence-electron chi connectivity index (χ0n) is 11.6. The quantitative estimate of drug-likeness (QED) is 0.638. The Kier molecular flexibility index (Phi) is 4.10. The van der Waals surface area contributed by atoms with Crippen molar-refractivity contribution in [3.63, 3.8) is 0 Å². The van der Waals surface area contributed by atoms with E-state index in [2.05, 4.69) is 25.9 Å². The number of ketones is 1. The van der Waals surface area contributed by atoms with Crippen LogP contribution in [-0.2, 0) is 10.0 Å². The average molecular weight is 392 g/mol. The predicted molar refractivity (Wildman–Crippen MR) is 86.6 cm³/mol. The molecular formula is C15H10BrN3O3S. The molecule has 0 aliphatic carbocycles. The zero-order chi connectivity index (χ0) is 16.4. The maximum Gasteiger partial charge on any atom is 0.267 e. The van der Waals surface area contributed by atoms with Crippen molar-refractivity contribution in [2.24, 2.45) is 0 Å². The van der Waals surface area contributed by atoms with Crippen LogP contribution >= 0.6 is 15.9 Å². The van der Waals surface area contributed by atoms with Gasteiger partial charge in [-0.25, -0.2) is 22.4 Å². The Balaban J connectivity index is 1.97. The molecule has 0 spiro atoms. The summed E-state index contributed by atoms with van der Waals surface area (Å²) in [4.78, 5) is 20.0. The topological polar surface area (TPSA) is 81.9 Å². The molecule has 23 heavy (non-hydrogen) atoms. The Hall–Kier alpha value is -2.32. The molecular weight excluding hydrogens is 382 g/mol. The largest absolute Gasteiger partial charge is 0.288 e. The molecule has 3 aromatic rings. The lowest BCUT2D eigenvalue weighted by Gasteiger charge is -2.05. The van der Waals surface area contributed by atoms with Crippen molar-refractivity contribution in [3.8, 4) is 0 Å². The first-order valence-corrected chi connectivity index (χ1v) is 8.70. The number of aromatic nitrogens is 3. The Labute approximate surface area is 141 Å². The third-order valence-electron chi connectivity index (χ3n) is 3.12. The fourth-order valence-corrected chi connectivity index (χ4v) is 3.79. The Morgan fingerprint density at radius 2 is 1.83 bits per heavy atom. The first-order valence-electron chi connectivity index (χ1n) is 6.47. The molecule has 6 nitrogen and oxygen atoms in total. The highest BCUT2D eigenvalue weighted by molar-refractivity contribution is 9.10. The van der Waals surface area contributed by atoms with Gasteiger partial charge in [-0.15, -0.1) is 0 Å². The first kappa shape index (κ1) is 15.6. The number of nitrogens with zero attached hydrogens (tertiary/aromatic N) is 3. The van der Waals surface area contributed by atoms with Crippen LogP contribution in [0.15, 0.2) is 70.8 Å². The van der Waals surface area contributed by atoms with Gasteiger partial charge in [0.05, 0.1) is 10.5 Å². The summed E-state index contributed by atoms with van der Waals surface area (Å²) in [5, 5.41) is 0. The minimum Gasteiger partial charge on any atom is -0.288 e. The van der Waals surface area contributed by atoms with Crippen molar-refractivity contribution in [2.45, 2.75) is 4.90 Å². The third-order valence-corrected chi connectivity index (χ3v) is 5.25. The molecule has 3 rings (SSSR count). The summed E-state index contributed by atoms with van der Waals surface area (Å²) in [5.41, 5.74) is 0.545. The van der Waals surface area contributed by atoms with Crippen LogP contribution in [0.5, 0.6) is 0 Å². The summed E-state index contributed by atoms with van der Waals surface area (Å²) in [6.45, 7) is 0. The van der Waals surface area contributed by atoms with Gasteiger partial charge in [0, 0.05) is 34.8 Å². The van der Waals surface area contributed by atoms with Gasteiger partial charge in [0.1, 0.15) is 6.33 Å². The standard InChI is InChI=1S/C15H10BrN3O3S/c16-13-2-1-3-14(6-13)23(21,22)19-5-4-11(9-19)15(20)12-7-17-10-18-8-12/h1-10H. The second-order valence-electron chi connectivity index (χ2n) is 4.65. The van der Waals surface area contributed by atoms with E-state index >= 15 is 0 Å². The molecule has 2 aromatic heterocycles. The van der Waals surface area contributed by atoms with E-state index in [1.807, 2.05) is 0 Å². The van der Waals surface area contributed by atoms with Gasteiger partial charge in [0.2, 0.25) is 0 Å². The van der Waals surface area contributed by atoms with Crippen LogP contribution in [0.4, 0.5) is 0 Å². The number of carbonyl (C=O) groups excluding carboxylic acids is 1. The van der Waals surface area contributed by atoms with Gasteiger partial charge in [0.15, 0.2) is 5.78 Å². The molecule has 0 N–H and O–H groups in total. The number of carbonyl (C=O) groups is 1. The van der Waals surface area contributed by atoms with E-state index < -0.39 is 10.0 Å². The summed E-state index contributed by atoms with van der Waals surface area (Å²) >= 11 is 3.24. The number of hydrogen-bond donors (Lipinski definition) is 0. The van der Waals surface area contributed by atoms with Crippen LogP contribution in [0, 0.1) is 0 Å². The van der Waals surface area contributed by atoms with Crippen molar-refractivity contribution in [2.75, 3.05) is 0 Å². The third kappa shape index (κ3) is 3.08. The zero-order valence-corrected chi connectivity index (χ0v) is 14.0. The summed E-state index contributed by atoms with van der Waals surface area (Å²) in [6.07, 6.45) is 6.71. The lowest BCUT2D eigenvalue weighted by molar-refractivity contribution is 0.103. The lowest BCUT2D eigenvalue weighted by Crippen LogP contribution is -2.11. The molecule has 0 aliphatic heterocycles. The van der Waals surface area contributed by atoms with E-state index in [0.717, 1.165) is 3.97 Å². The predicted octanol–water partition coefficient (Wildman–Crippen LogP) is 2.51. The van der Waals surface area contributed by atoms with E-state index in [0.29, 0.717) is 10.0 Å². The molecule has 0 saturated heterocycles. The summed E-state index contributed by atoms with van der Waals surface area (Å²) < 4.78 is 26.8. The van der Waals surface area contributed by atoms with Crippen LogP contribution in [0.1, 0.15) is 15.9 Å². The van der Waals surface area contributed by atoms with Crippen molar-refractivity contribution in [1.82, 2.24) is 13.9 Å². The molecule has 8 heteroatoms. The normalized spacial score (nSPS) is 11.3. The van der Waals surface area contributed by atoms with E-state index in [1.54, 1.807) is 12.1 Å². The molecule has 0 radical (unpaired) electrons. The van der Waals surface area contributed by atoms with E-state index in [-0.39, 0.29) is 16.2 Å². The number of halogens is 1. The van der Waals surface area contributed by atoms with E-state index in [4.69, 9.17) is 0 Å². The molecule has 0 atom stereocenters. The van der Waals surface area contributed by atoms with E-state index in [1.165, 1.54) is 49.3 Å². The number of hydrogen-bond acceptors (Lipinski definition) is 5. The summed E-state index contributed by atoms with van der Waals surface area (Å²) in [7, 11) is -3.75. The second-order valence-corrected chi connectivity index (χ2v) is 7.41. The highest BCUT2D eigenvalue weighted by Crippen LogP contribution is 2.20. The van der Waals surface area contributed by atoms with Crippen LogP contribution in [0.2, 0.25) is 0 Å². The SMILES string of the molecule is O=C(c1cncnc1)c1ccn(S(=O)(=O)c2cccc(Br)c2)c1. The summed E-state index contributed by atoms with van der Waals surface area (Å²) in [5.74, 6) is -0.339. The van der Waals surface area contributed by atoms with Crippen LogP contribution < -0.4 is 0 Å². The van der Waals surface area contributed by atoms with E-state index in [9.17, 15) is 13.2 Å². The highest BCUT2D eigenvalue weighted by Gasteiger charge is 2.19. The second kappa shape index (κ2) is 6.05. The minimum atomic E-state index is -3.75. The highest BCUT2D eigenvalue weighted by atomic mass is 79.9. The number of rotatable bonds is 4. The van der Waals surface area contributed by atoms with Crippen molar-refractivity contribution in [3.05, 3.63) is 77.0 Å². The molecule has 1 aromatic carbocycles. The molecule has 2 heterocycles. The van der Waals surface area contributed by atoms with Gasteiger partial charge in [-0.1, -0.05) is 22.0 Å². The van der Waals surface area contributed by atoms with Gasteiger partial charge in [-0.3, -0.25) is 4.79 Å². The smallest absolute Gasteiger partial charge is 0.267 e. The molecule has 116 valence electrons. The fraction of sp³-hybridized carbons (Fsp3) is 0. The maximum absolute atomic E-state index is 12.6. The molecule has 0 bridgehead atoms. The van der Waals surface area contributed by atoms with Gasteiger partial charge in [0.25, 0.3) is 10.0 Å². The van der Waals surface area contributed by atoms with Crippen LogP contribution in [0.25, 0.3) is 0 Å². The van der Waals surface area contributed by atoms with Gasteiger partial charge < -0.3 is 0 Å². The average Bonchev–Trinajstić information content (AvgIpc) is 3.06. The first-order chi connectivity index (χ1) is 11.0. The Bertz CT molecular complexity index is 968. The van der Waals surface area contributed by atoms with Crippen molar-refractivity contribution < 1.29 is 13.2 Å². The van der Waals surface area contributed by atoms with Gasteiger partial charge >= 0.3 is 0 Å². The Morgan fingerprint density at radius 1 is 1.09 bits per heavy atom. The molecule has 0 amide bonds. The maximum atomic E-state index is 12.6. The monoisotopic (exact) mass is 391 g/mol. The van der Waals surface area contributed by atoms with Gasteiger partial charge in [-0.2, -0.15) is 0 Å². The lowest BCUT2D eigenvalue weighted by atomic mass is 10.1. The minimum absolute atomic E-state index is 0.129. The van der Waals surface area contributed by atoms with Crippen molar-refractivity contribution in [1.29, 1.82) is 0 Å². The number of benzene rings is 1. The van der Waals surface area contributed by atoms with Gasteiger partial charge in [-0.05, 0) is 24.3 Å². The summed E-state index contributed by atoms with van der Waals surface area (Å²) in [6, 6.07) is 7.81. The molecule has 0 saturated carbocycles. The molecule has 0 aliphatic rings.